The lowest BCUT2D eigenvalue weighted by molar-refractivity contribution is 0.725. The predicted octanol–water partition coefficient (Wildman–Crippen LogP) is 1.53. The van der Waals surface area contributed by atoms with Crippen LogP contribution in [-0.4, -0.2) is 32.6 Å². The third kappa shape index (κ3) is 3.44. The molecule has 0 saturated carbocycles. The van der Waals surface area contributed by atoms with Crippen LogP contribution in [0.4, 0.5) is 11.8 Å². The molecule has 96 valence electrons. The number of aromatic nitrogens is 4. The van der Waals surface area contributed by atoms with E-state index in [9.17, 15) is 0 Å². The molecule has 0 aliphatic heterocycles. The first kappa shape index (κ1) is 12.3. The summed E-state index contributed by atoms with van der Waals surface area (Å²) in [6.07, 6.45) is 5.52. The second kappa shape index (κ2) is 6.00. The summed E-state index contributed by atoms with van der Waals surface area (Å²) >= 11 is 0. The lowest BCUT2D eigenvalue weighted by atomic mass is 10.4. The van der Waals surface area contributed by atoms with Crippen molar-refractivity contribution in [2.75, 3.05) is 23.7 Å². The smallest absolute Gasteiger partial charge is 0.224 e. The standard InChI is InChI=1S/C12H18N6/c1-3-14-12-16-10(2)8-11(17-12)15-5-7-18-6-4-13-9-18/h4,6,8-9H,3,5,7H2,1-2H3,(H2,14,15,16,17). The number of hydrogen-bond donors (Lipinski definition) is 2. The Labute approximate surface area is 106 Å². The molecular weight excluding hydrogens is 228 g/mol. The zero-order chi connectivity index (χ0) is 12.8. The summed E-state index contributed by atoms with van der Waals surface area (Å²) in [5.74, 6) is 1.51. The van der Waals surface area contributed by atoms with Crippen LogP contribution in [0.1, 0.15) is 12.6 Å². The van der Waals surface area contributed by atoms with Gasteiger partial charge in [0.1, 0.15) is 5.82 Å². The quantitative estimate of drug-likeness (QED) is 0.809. The van der Waals surface area contributed by atoms with Crippen LogP contribution in [-0.2, 0) is 6.54 Å². The van der Waals surface area contributed by atoms with E-state index in [1.54, 1.807) is 12.5 Å². The first-order valence-electron chi connectivity index (χ1n) is 6.07. The van der Waals surface area contributed by atoms with Gasteiger partial charge in [0.05, 0.1) is 6.33 Å². The highest BCUT2D eigenvalue weighted by atomic mass is 15.1. The van der Waals surface area contributed by atoms with Crippen LogP contribution >= 0.6 is 0 Å². The molecule has 0 fully saturated rings. The van der Waals surface area contributed by atoms with Crippen molar-refractivity contribution in [2.24, 2.45) is 0 Å². The maximum absolute atomic E-state index is 4.38. The van der Waals surface area contributed by atoms with Gasteiger partial charge < -0.3 is 15.2 Å². The average Bonchev–Trinajstić information content (AvgIpc) is 2.82. The van der Waals surface area contributed by atoms with Crippen LogP contribution in [0.3, 0.4) is 0 Å². The van der Waals surface area contributed by atoms with Gasteiger partial charge in [-0.15, -0.1) is 0 Å². The largest absolute Gasteiger partial charge is 0.368 e. The van der Waals surface area contributed by atoms with Gasteiger partial charge in [-0.3, -0.25) is 0 Å². The van der Waals surface area contributed by atoms with Crippen molar-refractivity contribution in [1.29, 1.82) is 0 Å². The number of anilines is 2. The number of rotatable bonds is 6. The van der Waals surface area contributed by atoms with E-state index in [1.165, 1.54) is 0 Å². The number of imidazole rings is 1. The molecule has 2 N–H and O–H groups in total. The van der Waals surface area contributed by atoms with E-state index in [1.807, 2.05) is 30.7 Å². The molecule has 2 heterocycles. The minimum absolute atomic E-state index is 0.669. The van der Waals surface area contributed by atoms with Crippen LogP contribution in [0.15, 0.2) is 24.8 Å². The molecule has 0 aliphatic carbocycles. The van der Waals surface area contributed by atoms with Crippen LogP contribution in [0, 0.1) is 6.92 Å². The molecule has 0 atom stereocenters. The SMILES string of the molecule is CCNc1nc(C)cc(NCCn2ccnc2)n1. The maximum Gasteiger partial charge on any atom is 0.224 e. The Morgan fingerprint density at radius 1 is 1.28 bits per heavy atom. The third-order valence-corrected chi connectivity index (χ3v) is 2.42. The minimum atomic E-state index is 0.669. The Morgan fingerprint density at radius 2 is 2.17 bits per heavy atom. The fraction of sp³-hybridized carbons (Fsp3) is 0.417. The van der Waals surface area contributed by atoms with Crippen molar-refractivity contribution >= 4 is 11.8 Å². The second-order valence-electron chi connectivity index (χ2n) is 3.98. The van der Waals surface area contributed by atoms with Crippen molar-refractivity contribution in [1.82, 2.24) is 19.5 Å². The molecule has 0 radical (unpaired) electrons. The van der Waals surface area contributed by atoms with Crippen molar-refractivity contribution in [3.63, 3.8) is 0 Å². The summed E-state index contributed by atoms with van der Waals surface area (Å²) in [7, 11) is 0. The Balaban J connectivity index is 1.92. The van der Waals surface area contributed by atoms with Gasteiger partial charge in [-0.05, 0) is 13.8 Å². The van der Waals surface area contributed by atoms with Crippen LogP contribution < -0.4 is 10.6 Å². The molecule has 2 aromatic heterocycles. The van der Waals surface area contributed by atoms with Crippen LogP contribution in [0.2, 0.25) is 0 Å². The van der Waals surface area contributed by atoms with E-state index in [4.69, 9.17) is 0 Å². The van der Waals surface area contributed by atoms with Gasteiger partial charge >= 0.3 is 0 Å². The van der Waals surface area contributed by atoms with E-state index in [0.717, 1.165) is 31.1 Å². The number of nitrogens with one attached hydrogen (secondary N) is 2. The van der Waals surface area contributed by atoms with E-state index in [-0.39, 0.29) is 0 Å². The summed E-state index contributed by atoms with van der Waals surface area (Å²) in [6, 6.07) is 1.94. The Kier molecular flexibility index (Phi) is 4.11. The van der Waals surface area contributed by atoms with Gasteiger partial charge in [-0.1, -0.05) is 0 Å². The average molecular weight is 246 g/mol. The monoisotopic (exact) mass is 246 g/mol. The number of nitrogens with zero attached hydrogens (tertiary/aromatic N) is 4. The van der Waals surface area contributed by atoms with E-state index < -0.39 is 0 Å². The first-order chi connectivity index (χ1) is 8.78. The highest BCUT2D eigenvalue weighted by Gasteiger charge is 2.00. The Bertz CT molecular complexity index is 479. The molecule has 0 aromatic carbocycles. The molecule has 6 nitrogen and oxygen atoms in total. The minimum Gasteiger partial charge on any atom is -0.368 e. The Hall–Kier alpha value is -2.11. The number of aryl methyl sites for hydroxylation is 1. The van der Waals surface area contributed by atoms with E-state index in [0.29, 0.717) is 5.95 Å². The number of hydrogen-bond acceptors (Lipinski definition) is 5. The van der Waals surface area contributed by atoms with Gasteiger partial charge in [-0.25, -0.2) is 9.97 Å². The lowest BCUT2D eigenvalue weighted by Crippen LogP contribution is -2.12. The van der Waals surface area contributed by atoms with E-state index in [2.05, 4.69) is 25.6 Å². The van der Waals surface area contributed by atoms with Crippen molar-refractivity contribution in [2.45, 2.75) is 20.4 Å². The summed E-state index contributed by atoms with van der Waals surface area (Å²) in [4.78, 5) is 12.7. The van der Waals surface area contributed by atoms with Crippen molar-refractivity contribution in [3.8, 4) is 0 Å². The molecule has 0 spiro atoms. The van der Waals surface area contributed by atoms with Crippen LogP contribution in [0.25, 0.3) is 0 Å². The Morgan fingerprint density at radius 3 is 2.89 bits per heavy atom. The van der Waals surface area contributed by atoms with Gasteiger partial charge in [0.2, 0.25) is 5.95 Å². The molecule has 0 bridgehead atoms. The molecule has 2 rings (SSSR count). The van der Waals surface area contributed by atoms with Crippen molar-refractivity contribution in [3.05, 3.63) is 30.5 Å². The molecule has 0 saturated heterocycles. The lowest BCUT2D eigenvalue weighted by Gasteiger charge is -2.09. The molecule has 0 aliphatic rings. The molecular formula is C12H18N6. The molecule has 2 aromatic rings. The maximum atomic E-state index is 4.38. The highest BCUT2D eigenvalue weighted by Crippen LogP contribution is 2.09. The molecule has 0 amide bonds. The highest BCUT2D eigenvalue weighted by molar-refractivity contribution is 5.41. The zero-order valence-corrected chi connectivity index (χ0v) is 10.7. The topological polar surface area (TPSA) is 67.7 Å². The summed E-state index contributed by atoms with van der Waals surface area (Å²) < 4.78 is 2.02. The molecule has 18 heavy (non-hydrogen) atoms. The van der Waals surface area contributed by atoms with E-state index >= 15 is 0 Å². The third-order valence-electron chi connectivity index (χ3n) is 2.42. The molecule has 0 unspecified atom stereocenters. The predicted molar refractivity (Wildman–Crippen MR) is 71.6 cm³/mol. The summed E-state index contributed by atoms with van der Waals surface area (Å²) in [5, 5.41) is 6.40. The van der Waals surface area contributed by atoms with Gasteiger partial charge in [-0.2, -0.15) is 4.98 Å². The van der Waals surface area contributed by atoms with Gasteiger partial charge in [0, 0.05) is 43.8 Å². The van der Waals surface area contributed by atoms with Crippen molar-refractivity contribution < 1.29 is 0 Å². The fourth-order valence-electron chi connectivity index (χ4n) is 1.63. The fourth-order valence-corrected chi connectivity index (χ4v) is 1.63. The first-order valence-corrected chi connectivity index (χ1v) is 6.07. The normalized spacial score (nSPS) is 10.3. The van der Waals surface area contributed by atoms with Crippen LogP contribution in [0.5, 0.6) is 0 Å². The second-order valence-corrected chi connectivity index (χ2v) is 3.98. The zero-order valence-electron chi connectivity index (χ0n) is 10.7. The van der Waals surface area contributed by atoms with Gasteiger partial charge in [0.25, 0.3) is 0 Å². The van der Waals surface area contributed by atoms with Gasteiger partial charge in [0.15, 0.2) is 0 Å². The summed E-state index contributed by atoms with van der Waals surface area (Å²) in [5.41, 5.74) is 0.950. The molecule has 6 heteroatoms. The summed E-state index contributed by atoms with van der Waals surface area (Å²) in [6.45, 7) is 6.47.